The van der Waals surface area contributed by atoms with Crippen molar-refractivity contribution in [2.75, 3.05) is 4.90 Å². The molecule has 0 radical (unpaired) electrons. The molecule has 0 saturated carbocycles. The number of aromatic nitrogens is 11. The number of imidazole rings is 1. The Kier molecular flexibility index (Phi) is 21.7. The number of pyridine rings is 7. The van der Waals surface area contributed by atoms with Crippen molar-refractivity contribution in [3.8, 4) is 140 Å². The zero-order chi connectivity index (χ0) is 98.7. The topological polar surface area (TPSA) is 121 Å². The minimum atomic E-state index is -0.0490. The number of para-hydroxylation sites is 9. The predicted octanol–water partition coefficient (Wildman–Crippen LogP) is 34.8. The number of rotatable bonds is 11. The highest BCUT2D eigenvalue weighted by Crippen LogP contribution is 2.64. The highest BCUT2D eigenvalue weighted by molar-refractivity contribution is 8.00. The van der Waals surface area contributed by atoms with Gasteiger partial charge < -0.3 is 9.47 Å². The second-order valence-corrected chi connectivity index (χ2v) is 41.1. The van der Waals surface area contributed by atoms with Gasteiger partial charge in [0.1, 0.15) is 11.5 Å². The lowest BCUT2D eigenvalue weighted by atomic mass is 9.71. The molecule has 14 heteroatoms. The number of fused-ring (bicyclic) bond motifs is 26. The molecule has 3 aliphatic heterocycles. The van der Waals surface area contributed by atoms with Crippen LogP contribution in [-0.4, -0.2) is 53.6 Å². The van der Waals surface area contributed by atoms with Crippen molar-refractivity contribution in [3.05, 3.63) is 521 Å². The summed E-state index contributed by atoms with van der Waals surface area (Å²) < 4.78 is 6.98. The van der Waals surface area contributed by atoms with Crippen LogP contribution in [0.4, 0.5) is 17.1 Å². The van der Waals surface area contributed by atoms with Crippen molar-refractivity contribution in [1.29, 1.82) is 0 Å². The highest BCUT2D eigenvalue weighted by Gasteiger charge is 2.51. The molecule has 1 aliphatic carbocycles. The molecule has 2 atom stereocenters. The molecule has 13 heterocycles. The molecule has 0 fully saturated rings. The Balaban J connectivity index is 0.000000109. The van der Waals surface area contributed by atoms with E-state index in [1.54, 1.807) is 11.8 Å². The number of nitrogens with zero attached hydrogens (tertiary/aromatic N) is 12. The summed E-state index contributed by atoms with van der Waals surface area (Å²) in [5, 5.41) is 5.84. The summed E-state index contributed by atoms with van der Waals surface area (Å²) in [6, 6.07) is 157. The normalized spacial score (nSPS) is 13.7. The zero-order valence-electron chi connectivity index (χ0n) is 81.2. The first kappa shape index (κ1) is 88.1. The van der Waals surface area contributed by atoms with Gasteiger partial charge in [-0.15, -0.1) is 0 Å². The SMILES string of the molecule is CC1(C)c2ccncc2C2c3cccc(-c4cc(-c5ccccc5)cc(-c5ccccc5)c4)c3Sc3ccncc3C21.c1ccc(-c2cc(-c3cccc(-n4c5ccccc5c5ccccc54)c3)cc(N3c4ccccc4-c4c(-c5ccccc5)c5cccnc5n4-c4ccccc43)c2)cc1.c1cnc2c(-c3cc(-c4cc5c(cn4)-c4nc6ccccc6n4-c4cnccc4S5)cc(-c4cccc5cccnc45)c3)cccc2c1. The lowest BCUT2D eigenvalue weighted by Crippen LogP contribution is -2.24. The zero-order valence-corrected chi connectivity index (χ0v) is 82.8. The van der Waals surface area contributed by atoms with Crippen LogP contribution in [0.1, 0.15) is 47.9 Å². The van der Waals surface area contributed by atoms with E-state index >= 15 is 0 Å². The van der Waals surface area contributed by atoms with Gasteiger partial charge in [0.05, 0.1) is 79.0 Å². The fourth-order valence-corrected chi connectivity index (χ4v) is 25.7. The Morgan fingerprint density at radius 1 is 0.275 bits per heavy atom. The molecule has 0 amide bonds. The highest BCUT2D eigenvalue weighted by atomic mass is 32.2. The summed E-state index contributed by atoms with van der Waals surface area (Å²) in [6.07, 6.45) is 19.5. The summed E-state index contributed by atoms with van der Waals surface area (Å²) in [7, 11) is 0. The van der Waals surface area contributed by atoms with E-state index in [-0.39, 0.29) is 17.3 Å². The Morgan fingerprint density at radius 2 is 0.765 bits per heavy atom. The third-order valence-electron chi connectivity index (χ3n) is 30.0. The lowest BCUT2D eigenvalue weighted by molar-refractivity contribution is 0.416. The van der Waals surface area contributed by atoms with Gasteiger partial charge >= 0.3 is 0 Å². The van der Waals surface area contributed by atoms with Gasteiger partial charge in [0, 0.05) is 153 Å². The van der Waals surface area contributed by atoms with Gasteiger partial charge in [-0.25, -0.2) is 9.97 Å². The second kappa shape index (κ2) is 36.6. The Hall–Kier alpha value is -18.6. The van der Waals surface area contributed by atoms with E-state index in [0.717, 1.165) is 166 Å². The second-order valence-electron chi connectivity index (χ2n) is 38.9. The Labute approximate surface area is 869 Å². The molecule has 26 aromatic rings. The minimum absolute atomic E-state index is 0.0490. The van der Waals surface area contributed by atoms with Gasteiger partial charge in [0.25, 0.3) is 0 Å². The summed E-state index contributed by atoms with van der Waals surface area (Å²) in [5.41, 5.74) is 42.9. The van der Waals surface area contributed by atoms with Gasteiger partial charge in [-0.1, -0.05) is 316 Å². The third-order valence-corrected chi connectivity index (χ3v) is 32.4. The van der Waals surface area contributed by atoms with Crippen molar-refractivity contribution in [2.24, 2.45) is 0 Å². The van der Waals surface area contributed by atoms with Crippen LogP contribution in [0.2, 0.25) is 0 Å². The van der Waals surface area contributed by atoms with Gasteiger partial charge in [-0.2, -0.15) is 0 Å². The van der Waals surface area contributed by atoms with E-state index in [1.807, 2.05) is 85.6 Å². The molecule has 0 N–H and O–H groups in total. The molecule has 702 valence electrons. The number of hydrogen-bond donors (Lipinski definition) is 0. The summed E-state index contributed by atoms with van der Waals surface area (Å²) in [5.74, 6) is 1.35. The fraction of sp³-hybridized carbons (Fsp3) is 0.0370. The first-order chi connectivity index (χ1) is 73.7. The van der Waals surface area contributed by atoms with Crippen LogP contribution in [0.5, 0.6) is 0 Å². The van der Waals surface area contributed by atoms with Crippen LogP contribution in [0.3, 0.4) is 0 Å². The average Bonchev–Trinajstić information content (AvgIpc) is 1.55. The molecule has 0 bridgehead atoms. The van der Waals surface area contributed by atoms with Crippen LogP contribution in [0, 0.1) is 0 Å². The van der Waals surface area contributed by atoms with E-state index < -0.39 is 0 Å². The largest absolute Gasteiger partial charge is 0.309 e. The molecule has 0 saturated heterocycles. The predicted molar refractivity (Wildman–Crippen MR) is 611 cm³/mol. The van der Waals surface area contributed by atoms with Gasteiger partial charge in [-0.3, -0.25) is 39.0 Å². The van der Waals surface area contributed by atoms with Gasteiger partial charge in [0.15, 0.2) is 0 Å². The van der Waals surface area contributed by atoms with Crippen molar-refractivity contribution in [1.82, 2.24) is 53.6 Å². The summed E-state index contributed by atoms with van der Waals surface area (Å²) in [4.78, 5) is 45.9. The van der Waals surface area contributed by atoms with Crippen LogP contribution in [-0.2, 0) is 5.41 Å². The third kappa shape index (κ3) is 15.2. The molecule has 149 heavy (non-hydrogen) atoms. The monoisotopic (exact) mass is 1940 g/mol. The van der Waals surface area contributed by atoms with Crippen LogP contribution >= 0.6 is 23.5 Å². The molecule has 4 aliphatic rings. The first-order valence-corrected chi connectivity index (χ1v) is 52.0. The first-order valence-electron chi connectivity index (χ1n) is 50.4. The molecule has 10 aromatic heterocycles. The Bertz CT molecular complexity index is 9600. The smallest absolute Gasteiger partial charge is 0.148 e. The number of hydrogen-bond acceptors (Lipinski definition) is 11. The maximum atomic E-state index is 5.12. The molecule has 2 unspecified atom stereocenters. The molecule has 30 rings (SSSR count). The average molecular weight is 1940 g/mol. The maximum Gasteiger partial charge on any atom is 0.148 e. The van der Waals surface area contributed by atoms with Gasteiger partial charge in [-0.05, 0) is 258 Å². The van der Waals surface area contributed by atoms with Crippen LogP contribution in [0.15, 0.2) is 518 Å². The quantitative estimate of drug-likeness (QED) is 0.123. The van der Waals surface area contributed by atoms with E-state index in [2.05, 4.69) is 472 Å². The van der Waals surface area contributed by atoms with E-state index in [1.165, 1.54) is 98.4 Å². The van der Waals surface area contributed by atoms with Gasteiger partial charge in [0.2, 0.25) is 0 Å². The van der Waals surface area contributed by atoms with Crippen LogP contribution in [0.25, 0.3) is 206 Å². The molecular weight excluding hydrogens is 1850 g/mol. The van der Waals surface area contributed by atoms with E-state index in [4.69, 9.17) is 24.9 Å². The van der Waals surface area contributed by atoms with Crippen LogP contribution < -0.4 is 4.90 Å². The lowest BCUT2D eigenvalue weighted by Gasteiger charge is -2.32. The standard InChI is InChI=1S/C55H36N4.C41H24N6S.C39H30N2S/c1-3-17-37(18-4-1)40-33-41(39-21-15-22-42(34-39)57-48-27-10-7-23-44(48)45-24-8-11-28-49(45)57)36-43(35-40)58-50-29-12-9-25-46(50)54-53(38-19-5-2-6-20-38)47-26-16-32-56-55(47)59(54)52-31-14-13-30-51(52)58;1-2-14-35-33(13-1)46-41-32-23-45-34(22-38(32)48-37-15-18-42-24-36(37)47(35)41)29-20-27(30-11-3-7-25-9-5-16-43-39(25)30)19-28(21-29)31-12-4-8-26-10-6-17-44-40(26)31;1-39(2)34-16-18-40-23-32(34)36-31-15-9-14-30(38(31)42-35-17-19-41-24-33(35)37(36)39)29-21-27(25-10-5-3-6-11-25)20-28(22-29)26-12-7-4-8-13-26/h1-36H;1-24H;3-24,36-37H,1-2H3. The number of anilines is 3. The fourth-order valence-electron chi connectivity index (χ4n) is 23.4. The van der Waals surface area contributed by atoms with E-state index in [9.17, 15) is 0 Å². The molecule has 12 nitrogen and oxygen atoms in total. The van der Waals surface area contributed by atoms with Crippen molar-refractivity contribution in [2.45, 2.75) is 50.7 Å². The van der Waals surface area contributed by atoms with E-state index in [0.29, 0.717) is 0 Å². The summed E-state index contributed by atoms with van der Waals surface area (Å²) >= 11 is 3.63. The molecule has 0 spiro atoms. The van der Waals surface area contributed by atoms with Crippen molar-refractivity contribution >= 4 is 106 Å². The summed E-state index contributed by atoms with van der Waals surface area (Å²) in [6.45, 7) is 4.78. The minimum Gasteiger partial charge on any atom is -0.309 e. The Morgan fingerprint density at radius 3 is 1.45 bits per heavy atom. The molecular formula is C135H90N12S2. The van der Waals surface area contributed by atoms with Crippen molar-refractivity contribution in [3.63, 3.8) is 0 Å². The maximum absolute atomic E-state index is 5.12. The number of benzene rings is 16. The molecule has 16 aromatic carbocycles. The van der Waals surface area contributed by atoms with Crippen molar-refractivity contribution < 1.29 is 0 Å².